The molecule has 0 atom stereocenters. The number of anilines is 2. The molecule has 1 aliphatic heterocycles. The van der Waals surface area contributed by atoms with Crippen molar-refractivity contribution in [2.45, 2.75) is 0 Å². The summed E-state index contributed by atoms with van der Waals surface area (Å²) in [6, 6.07) is 5.83. The van der Waals surface area contributed by atoms with Gasteiger partial charge in [0.1, 0.15) is 0 Å². The number of fused-ring (bicyclic) bond motifs is 1. The van der Waals surface area contributed by atoms with Crippen LogP contribution in [-0.4, -0.2) is 19.5 Å². The zero-order chi connectivity index (χ0) is 9.42. The molecule has 0 radical (unpaired) electrons. The molecule has 68 valence electrons. The van der Waals surface area contributed by atoms with Crippen molar-refractivity contribution in [3.05, 3.63) is 22.7 Å². The number of hydrogen-bond donors (Lipinski definition) is 1. The third kappa shape index (κ3) is 1.31. The highest BCUT2D eigenvalue weighted by molar-refractivity contribution is 9.10. The average molecular weight is 241 g/mol. The first-order valence-electron chi connectivity index (χ1n) is 3.99. The molecular formula is C9H9BrN2O. The van der Waals surface area contributed by atoms with Gasteiger partial charge >= 0.3 is 0 Å². The maximum Gasteiger partial charge on any atom is 0.246 e. The summed E-state index contributed by atoms with van der Waals surface area (Å²) in [4.78, 5) is 13.0. The molecule has 0 spiro atoms. The van der Waals surface area contributed by atoms with E-state index in [9.17, 15) is 4.79 Å². The Labute approximate surface area is 84.9 Å². The monoisotopic (exact) mass is 240 g/mol. The Balaban J connectivity index is 2.57. The molecule has 1 heterocycles. The summed E-state index contributed by atoms with van der Waals surface area (Å²) in [5, 5.41) is 3.06. The third-order valence-corrected chi connectivity index (χ3v) is 2.77. The van der Waals surface area contributed by atoms with Crippen LogP contribution in [0.4, 0.5) is 11.4 Å². The maximum absolute atomic E-state index is 11.4. The van der Waals surface area contributed by atoms with Gasteiger partial charge in [0.25, 0.3) is 0 Å². The van der Waals surface area contributed by atoms with Crippen LogP contribution in [0.3, 0.4) is 0 Å². The number of likely N-dealkylation sites (N-methyl/N-ethyl adjacent to an activating group) is 1. The quantitative estimate of drug-likeness (QED) is 0.751. The van der Waals surface area contributed by atoms with Gasteiger partial charge in [0.2, 0.25) is 5.91 Å². The molecular weight excluding hydrogens is 232 g/mol. The highest BCUT2D eigenvalue weighted by atomic mass is 79.9. The molecule has 0 aliphatic carbocycles. The number of carbonyl (C=O) groups excluding carboxylic acids is 1. The number of amides is 1. The smallest absolute Gasteiger partial charge is 0.246 e. The van der Waals surface area contributed by atoms with Gasteiger partial charge in [-0.3, -0.25) is 4.79 Å². The molecule has 0 bridgehead atoms. The van der Waals surface area contributed by atoms with E-state index in [1.54, 1.807) is 11.9 Å². The second kappa shape index (κ2) is 3.03. The molecule has 0 saturated heterocycles. The van der Waals surface area contributed by atoms with E-state index in [0.29, 0.717) is 6.54 Å². The number of nitrogens with zero attached hydrogens (tertiary/aromatic N) is 1. The molecule has 4 heteroatoms. The minimum absolute atomic E-state index is 0.0828. The van der Waals surface area contributed by atoms with Crippen molar-refractivity contribution in [3.63, 3.8) is 0 Å². The first-order chi connectivity index (χ1) is 6.20. The van der Waals surface area contributed by atoms with E-state index in [-0.39, 0.29) is 5.91 Å². The number of hydrogen-bond acceptors (Lipinski definition) is 2. The van der Waals surface area contributed by atoms with Gasteiger partial charge < -0.3 is 10.2 Å². The van der Waals surface area contributed by atoms with E-state index in [4.69, 9.17) is 0 Å². The molecule has 3 nitrogen and oxygen atoms in total. The van der Waals surface area contributed by atoms with Crippen molar-refractivity contribution in [2.24, 2.45) is 0 Å². The second-order valence-electron chi connectivity index (χ2n) is 2.94. The molecule has 1 aromatic carbocycles. The number of halogens is 1. The normalized spacial score (nSPS) is 15.2. The fraction of sp³-hybridized carbons (Fsp3) is 0.222. The van der Waals surface area contributed by atoms with Crippen LogP contribution in [0.15, 0.2) is 22.7 Å². The Morgan fingerprint density at radius 3 is 3.08 bits per heavy atom. The molecule has 0 aromatic heterocycles. The van der Waals surface area contributed by atoms with Crippen LogP contribution in [0.2, 0.25) is 0 Å². The minimum Gasteiger partial charge on any atom is -0.374 e. The third-order valence-electron chi connectivity index (χ3n) is 2.13. The van der Waals surface area contributed by atoms with E-state index in [0.717, 1.165) is 15.8 Å². The summed E-state index contributed by atoms with van der Waals surface area (Å²) in [5.41, 5.74) is 1.91. The summed E-state index contributed by atoms with van der Waals surface area (Å²) in [7, 11) is 1.78. The topological polar surface area (TPSA) is 32.3 Å². The number of para-hydroxylation sites is 1. The predicted octanol–water partition coefficient (Wildman–Crippen LogP) is 1.84. The highest BCUT2D eigenvalue weighted by Crippen LogP contribution is 2.35. The molecule has 0 saturated carbocycles. The van der Waals surface area contributed by atoms with Crippen molar-refractivity contribution in [3.8, 4) is 0 Å². The maximum atomic E-state index is 11.4. The molecule has 0 unspecified atom stereocenters. The largest absolute Gasteiger partial charge is 0.374 e. The predicted molar refractivity (Wildman–Crippen MR) is 56.0 cm³/mol. The van der Waals surface area contributed by atoms with Crippen LogP contribution in [0.5, 0.6) is 0 Å². The number of benzene rings is 1. The number of carbonyl (C=O) groups is 1. The molecule has 1 amide bonds. The lowest BCUT2D eigenvalue weighted by molar-refractivity contribution is -0.116. The molecule has 13 heavy (non-hydrogen) atoms. The SMILES string of the molecule is CN1C(=O)CNc2cccc(Br)c21. The lowest BCUT2D eigenvalue weighted by Crippen LogP contribution is -2.36. The average Bonchev–Trinajstić information content (AvgIpc) is 2.12. The van der Waals surface area contributed by atoms with Crippen LogP contribution >= 0.6 is 15.9 Å². The van der Waals surface area contributed by atoms with Crippen LogP contribution in [0.1, 0.15) is 0 Å². The summed E-state index contributed by atoms with van der Waals surface area (Å²) in [5.74, 6) is 0.0828. The summed E-state index contributed by atoms with van der Waals surface area (Å²) >= 11 is 3.42. The summed E-state index contributed by atoms with van der Waals surface area (Å²) in [6.45, 7) is 0.375. The van der Waals surface area contributed by atoms with Gasteiger partial charge in [-0.05, 0) is 28.1 Å². The number of rotatable bonds is 0. The van der Waals surface area contributed by atoms with E-state index >= 15 is 0 Å². The Morgan fingerprint density at radius 1 is 1.54 bits per heavy atom. The van der Waals surface area contributed by atoms with Crippen LogP contribution in [0, 0.1) is 0 Å². The fourth-order valence-electron chi connectivity index (χ4n) is 1.41. The van der Waals surface area contributed by atoms with Crippen LogP contribution in [0.25, 0.3) is 0 Å². The van der Waals surface area contributed by atoms with Gasteiger partial charge in [0, 0.05) is 11.5 Å². The van der Waals surface area contributed by atoms with Crippen LogP contribution < -0.4 is 10.2 Å². The lowest BCUT2D eigenvalue weighted by Gasteiger charge is -2.27. The van der Waals surface area contributed by atoms with Crippen molar-refractivity contribution < 1.29 is 4.79 Å². The van der Waals surface area contributed by atoms with Crippen LogP contribution in [-0.2, 0) is 4.79 Å². The molecule has 1 aliphatic rings. The molecule has 2 rings (SSSR count). The Morgan fingerprint density at radius 2 is 2.31 bits per heavy atom. The first-order valence-corrected chi connectivity index (χ1v) is 4.78. The fourth-order valence-corrected chi connectivity index (χ4v) is 2.05. The molecule has 1 N–H and O–H groups in total. The van der Waals surface area contributed by atoms with Gasteiger partial charge in [-0.25, -0.2) is 0 Å². The van der Waals surface area contributed by atoms with Gasteiger partial charge in [-0.2, -0.15) is 0 Å². The van der Waals surface area contributed by atoms with Crippen molar-refractivity contribution >= 4 is 33.2 Å². The zero-order valence-corrected chi connectivity index (χ0v) is 8.76. The summed E-state index contributed by atoms with van der Waals surface area (Å²) < 4.78 is 0.938. The van der Waals surface area contributed by atoms with E-state index in [1.807, 2.05) is 18.2 Å². The Hall–Kier alpha value is -1.03. The van der Waals surface area contributed by atoms with Gasteiger partial charge in [-0.15, -0.1) is 0 Å². The Bertz CT molecular complexity index is 365. The van der Waals surface area contributed by atoms with Gasteiger partial charge in [0.15, 0.2) is 0 Å². The van der Waals surface area contributed by atoms with E-state index in [1.165, 1.54) is 0 Å². The second-order valence-corrected chi connectivity index (χ2v) is 3.80. The molecule has 1 aromatic rings. The Kier molecular flexibility index (Phi) is 2.00. The highest BCUT2D eigenvalue weighted by Gasteiger charge is 2.21. The van der Waals surface area contributed by atoms with Gasteiger partial charge in [0.05, 0.1) is 17.9 Å². The van der Waals surface area contributed by atoms with Crippen molar-refractivity contribution in [1.82, 2.24) is 0 Å². The molecule has 0 fully saturated rings. The summed E-state index contributed by atoms with van der Waals surface area (Å²) in [6.07, 6.45) is 0. The van der Waals surface area contributed by atoms with E-state index < -0.39 is 0 Å². The van der Waals surface area contributed by atoms with Crippen molar-refractivity contribution in [2.75, 3.05) is 23.8 Å². The zero-order valence-electron chi connectivity index (χ0n) is 7.17. The van der Waals surface area contributed by atoms with E-state index in [2.05, 4.69) is 21.2 Å². The van der Waals surface area contributed by atoms with Gasteiger partial charge in [-0.1, -0.05) is 6.07 Å². The first kappa shape index (κ1) is 8.56. The lowest BCUT2D eigenvalue weighted by atomic mass is 10.2. The number of nitrogens with one attached hydrogen (secondary N) is 1. The minimum atomic E-state index is 0.0828. The van der Waals surface area contributed by atoms with Crippen molar-refractivity contribution in [1.29, 1.82) is 0 Å². The standard InChI is InChI=1S/C9H9BrN2O/c1-12-8(13)5-11-7-4-2-3-6(10)9(7)12/h2-4,11H,5H2,1H3.